The van der Waals surface area contributed by atoms with Crippen molar-refractivity contribution in [3.05, 3.63) is 34.7 Å². The first kappa shape index (κ1) is 12.0. The van der Waals surface area contributed by atoms with Crippen molar-refractivity contribution >= 4 is 11.6 Å². The van der Waals surface area contributed by atoms with Crippen molar-refractivity contribution in [1.82, 2.24) is 20.0 Å². The third-order valence-electron chi connectivity index (χ3n) is 2.42. The number of hydrogen-bond acceptors (Lipinski definition) is 4. The van der Waals surface area contributed by atoms with E-state index in [4.69, 9.17) is 11.6 Å². The molecule has 1 N–H and O–H groups in total. The fourth-order valence-electron chi connectivity index (χ4n) is 1.62. The van der Waals surface area contributed by atoms with Gasteiger partial charge < -0.3 is 5.11 Å². The van der Waals surface area contributed by atoms with Gasteiger partial charge in [-0.1, -0.05) is 24.9 Å². The molecule has 2 heterocycles. The molecular formula is C11H13ClN4O. The number of rotatable bonds is 4. The molecule has 0 bridgehead atoms. The van der Waals surface area contributed by atoms with Crippen molar-refractivity contribution in [2.24, 2.45) is 0 Å². The molecule has 6 heteroatoms. The molecule has 2 rings (SSSR count). The van der Waals surface area contributed by atoms with E-state index in [1.165, 1.54) is 4.68 Å². The Labute approximate surface area is 104 Å². The summed E-state index contributed by atoms with van der Waals surface area (Å²) < 4.78 is 1.51. The van der Waals surface area contributed by atoms with Gasteiger partial charge in [0.2, 0.25) is 0 Å². The number of aliphatic hydroxyl groups is 1. The van der Waals surface area contributed by atoms with Crippen LogP contribution in [-0.2, 0) is 13.0 Å². The number of aryl methyl sites for hydroxylation is 1. The highest BCUT2D eigenvalue weighted by Crippen LogP contribution is 2.23. The summed E-state index contributed by atoms with van der Waals surface area (Å²) in [5.74, 6) is 0.551. The Morgan fingerprint density at radius 2 is 2.29 bits per heavy atom. The minimum absolute atomic E-state index is 0.117. The molecule has 0 saturated heterocycles. The van der Waals surface area contributed by atoms with Gasteiger partial charge in [0.05, 0.1) is 12.3 Å². The molecule has 0 spiro atoms. The van der Waals surface area contributed by atoms with Gasteiger partial charge in [-0.25, -0.2) is 4.68 Å². The van der Waals surface area contributed by atoms with E-state index in [1.807, 2.05) is 0 Å². The minimum Gasteiger partial charge on any atom is -0.391 e. The average molecular weight is 253 g/mol. The molecular weight excluding hydrogens is 240 g/mol. The summed E-state index contributed by atoms with van der Waals surface area (Å²) in [5, 5.41) is 21.8. The third kappa shape index (κ3) is 2.30. The molecule has 90 valence electrons. The normalized spacial score (nSPS) is 10.8. The Bertz CT molecular complexity index is 498. The number of halogens is 1. The lowest BCUT2D eigenvalue weighted by molar-refractivity contribution is 0.280. The first-order valence-electron chi connectivity index (χ1n) is 5.43. The maximum absolute atomic E-state index is 9.31. The maximum atomic E-state index is 9.31. The van der Waals surface area contributed by atoms with Crippen LogP contribution in [0.3, 0.4) is 0 Å². The van der Waals surface area contributed by atoms with Crippen molar-refractivity contribution in [1.29, 1.82) is 0 Å². The maximum Gasteiger partial charge on any atom is 0.177 e. The van der Waals surface area contributed by atoms with Crippen LogP contribution in [0.4, 0.5) is 0 Å². The lowest BCUT2D eigenvalue weighted by Gasteiger charge is -1.99. The van der Waals surface area contributed by atoms with Crippen LogP contribution in [0.25, 0.3) is 5.82 Å². The van der Waals surface area contributed by atoms with E-state index in [9.17, 15) is 5.11 Å². The van der Waals surface area contributed by atoms with Crippen LogP contribution < -0.4 is 0 Å². The molecule has 17 heavy (non-hydrogen) atoms. The van der Waals surface area contributed by atoms with E-state index in [1.54, 1.807) is 18.3 Å². The van der Waals surface area contributed by atoms with E-state index >= 15 is 0 Å². The molecule has 0 radical (unpaired) electrons. The van der Waals surface area contributed by atoms with Gasteiger partial charge in [-0.15, -0.1) is 5.10 Å². The van der Waals surface area contributed by atoms with Gasteiger partial charge >= 0.3 is 0 Å². The quantitative estimate of drug-likeness (QED) is 0.901. The summed E-state index contributed by atoms with van der Waals surface area (Å²) in [5.41, 5.74) is 1.48. The highest BCUT2D eigenvalue weighted by molar-refractivity contribution is 6.30. The first-order chi connectivity index (χ1) is 8.27. The molecule has 2 aromatic rings. The van der Waals surface area contributed by atoms with Crippen LogP contribution in [0.15, 0.2) is 18.3 Å². The fourth-order valence-corrected chi connectivity index (χ4v) is 1.92. The molecule has 5 nitrogen and oxygen atoms in total. The molecule has 0 fully saturated rings. The molecule has 0 aliphatic heterocycles. The van der Waals surface area contributed by atoms with Crippen molar-refractivity contribution in [2.45, 2.75) is 26.4 Å². The fraction of sp³-hybridized carbons (Fsp3) is 0.364. The van der Waals surface area contributed by atoms with Crippen LogP contribution in [0.1, 0.15) is 24.6 Å². The molecule has 0 aliphatic rings. The number of aromatic nitrogens is 4. The summed E-state index contributed by atoms with van der Waals surface area (Å²) in [6, 6.07) is 3.53. The Morgan fingerprint density at radius 1 is 1.47 bits per heavy atom. The molecule has 0 aromatic carbocycles. The minimum atomic E-state index is -0.117. The van der Waals surface area contributed by atoms with Crippen molar-refractivity contribution < 1.29 is 5.11 Å². The summed E-state index contributed by atoms with van der Waals surface area (Å²) in [7, 11) is 0. The standard InChI is InChI=1S/C11H13ClN4O/c1-2-4-9-8(7-17)11(12)16(15-9)10-5-3-6-13-14-10/h3,5-6,17H,2,4,7H2,1H3. The zero-order valence-corrected chi connectivity index (χ0v) is 10.2. The number of aliphatic hydroxyl groups excluding tert-OH is 1. The highest BCUT2D eigenvalue weighted by atomic mass is 35.5. The third-order valence-corrected chi connectivity index (χ3v) is 2.81. The molecule has 0 atom stereocenters. The Balaban J connectivity index is 2.49. The zero-order valence-electron chi connectivity index (χ0n) is 9.47. The van der Waals surface area contributed by atoms with E-state index in [2.05, 4.69) is 22.2 Å². The van der Waals surface area contributed by atoms with Gasteiger partial charge in [-0.2, -0.15) is 10.2 Å². The van der Waals surface area contributed by atoms with Gasteiger partial charge in [-0.3, -0.25) is 0 Å². The van der Waals surface area contributed by atoms with Crippen LogP contribution in [0.2, 0.25) is 5.15 Å². The summed E-state index contributed by atoms with van der Waals surface area (Å²) in [6.45, 7) is 1.94. The van der Waals surface area contributed by atoms with Crippen LogP contribution in [-0.4, -0.2) is 25.1 Å². The Kier molecular flexibility index (Phi) is 3.71. The lowest BCUT2D eigenvalue weighted by atomic mass is 10.2. The van der Waals surface area contributed by atoms with E-state index < -0.39 is 0 Å². The second-order valence-electron chi connectivity index (χ2n) is 3.62. The Morgan fingerprint density at radius 3 is 2.88 bits per heavy atom. The van der Waals surface area contributed by atoms with Gasteiger partial charge in [-0.05, 0) is 18.6 Å². The van der Waals surface area contributed by atoms with E-state index in [0.29, 0.717) is 16.5 Å². The van der Waals surface area contributed by atoms with Crippen LogP contribution in [0, 0.1) is 0 Å². The molecule has 0 aliphatic carbocycles. The molecule has 0 unspecified atom stereocenters. The van der Waals surface area contributed by atoms with Gasteiger partial charge in [0.1, 0.15) is 5.15 Å². The zero-order chi connectivity index (χ0) is 12.3. The Hall–Kier alpha value is -1.46. The van der Waals surface area contributed by atoms with Gasteiger partial charge in [0, 0.05) is 11.8 Å². The highest BCUT2D eigenvalue weighted by Gasteiger charge is 2.16. The van der Waals surface area contributed by atoms with Crippen molar-refractivity contribution in [3.63, 3.8) is 0 Å². The topological polar surface area (TPSA) is 63.8 Å². The summed E-state index contributed by atoms with van der Waals surface area (Å²) in [6.07, 6.45) is 3.31. The number of nitrogens with zero attached hydrogens (tertiary/aromatic N) is 4. The van der Waals surface area contributed by atoms with E-state index in [0.717, 1.165) is 18.5 Å². The lowest BCUT2D eigenvalue weighted by Crippen LogP contribution is -2.01. The van der Waals surface area contributed by atoms with E-state index in [-0.39, 0.29) is 6.61 Å². The predicted molar refractivity (Wildman–Crippen MR) is 64.1 cm³/mol. The SMILES string of the molecule is CCCc1nn(-c2cccnn2)c(Cl)c1CO. The summed E-state index contributed by atoms with van der Waals surface area (Å²) in [4.78, 5) is 0. The largest absolute Gasteiger partial charge is 0.391 e. The molecule has 2 aromatic heterocycles. The summed E-state index contributed by atoms with van der Waals surface area (Å²) >= 11 is 6.17. The van der Waals surface area contributed by atoms with Gasteiger partial charge in [0.25, 0.3) is 0 Å². The van der Waals surface area contributed by atoms with Crippen LogP contribution >= 0.6 is 11.6 Å². The monoisotopic (exact) mass is 252 g/mol. The second-order valence-corrected chi connectivity index (χ2v) is 3.98. The number of hydrogen-bond donors (Lipinski definition) is 1. The van der Waals surface area contributed by atoms with Crippen LogP contribution in [0.5, 0.6) is 0 Å². The van der Waals surface area contributed by atoms with Crippen molar-refractivity contribution in [2.75, 3.05) is 0 Å². The van der Waals surface area contributed by atoms with Crippen molar-refractivity contribution in [3.8, 4) is 5.82 Å². The molecule has 0 saturated carbocycles. The average Bonchev–Trinajstić information content (AvgIpc) is 2.67. The molecule has 0 amide bonds. The predicted octanol–water partition coefficient (Wildman–Crippen LogP) is 1.76. The smallest absolute Gasteiger partial charge is 0.177 e. The second kappa shape index (κ2) is 5.25. The van der Waals surface area contributed by atoms with Gasteiger partial charge in [0.15, 0.2) is 5.82 Å². The first-order valence-corrected chi connectivity index (χ1v) is 5.81.